The normalized spacial score (nSPS) is 10.6. The Morgan fingerprint density at radius 3 is 1.85 bits per heavy atom. The maximum atomic E-state index is 10.8. The van der Waals surface area contributed by atoms with Gasteiger partial charge in [-0.1, -0.05) is 43.3 Å². The molecule has 0 heterocycles. The summed E-state index contributed by atoms with van der Waals surface area (Å²) in [6.07, 6.45) is 3.10. The molecule has 33 heavy (non-hydrogen) atoms. The van der Waals surface area contributed by atoms with Crippen molar-refractivity contribution < 1.29 is 24.9 Å². The number of carboxylic acids is 1. The van der Waals surface area contributed by atoms with Gasteiger partial charge in [0.15, 0.2) is 0 Å². The predicted octanol–water partition coefficient (Wildman–Crippen LogP) is 6.27. The van der Waals surface area contributed by atoms with Gasteiger partial charge in [0.25, 0.3) is 0 Å². The van der Waals surface area contributed by atoms with Crippen LogP contribution in [0.4, 0.5) is 0 Å². The van der Waals surface area contributed by atoms with Gasteiger partial charge in [0.2, 0.25) is 0 Å². The number of methoxy groups -OCH3 is 1. The van der Waals surface area contributed by atoms with Gasteiger partial charge >= 0.3 is 5.97 Å². The van der Waals surface area contributed by atoms with Gasteiger partial charge in [0, 0.05) is 6.42 Å². The Bertz CT molecular complexity index is 1060. The smallest absolute Gasteiger partial charge is 0.303 e. The molecule has 0 spiro atoms. The number of benzene rings is 3. The highest BCUT2D eigenvalue weighted by Gasteiger charge is 2.15. The molecule has 5 heteroatoms. The van der Waals surface area contributed by atoms with Crippen molar-refractivity contribution >= 4 is 17.1 Å². The molecule has 0 fully saturated rings. The molecule has 0 aliphatic rings. The molecule has 0 aromatic heterocycles. The average molecular weight is 447 g/mol. The van der Waals surface area contributed by atoms with E-state index in [2.05, 4.69) is 19.1 Å². The molecule has 0 saturated heterocycles. The fourth-order valence-corrected chi connectivity index (χ4v) is 4.03. The van der Waals surface area contributed by atoms with Gasteiger partial charge < -0.3 is 20.1 Å². The second-order valence-corrected chi connectivity index (χ2v) is 7.93. The number of carbonyl (C=O) groups is 1. The van der Waals surface area contributed by atoms with Crippen molar-refractivity contribution in [2.45, 2.75) is 39.0 Å². The Hall–Kier alpha value is -3.73. The monoisotopic (exact) mass is 446 g/mol. The molecule has 3 aromatic carbocycles. The molecule has 0 aliphatic heterocycles. The van der Waals surface area contributed by atoms with Gasteiger partial charge in [-0.15, -0.1) is 0 Å². The third kappa shape index (κ3) is 6.16. The standard InChI is InChI=1S/C28H30O5/c1-3-25(22-9-8-19(26(18-22)33-2)6-4-5-7-27(31)32)28(20-10-14-23(29)15-11-20)21-12-16-24(30)17-13-21/h8-18,29-30H,3-7H2,1-2H3,(H,31,32). The first-order valence-electron chi connectivity index (χ1n) is 11.1. The lowest BCUT2D eigenvalue weighted by Crippen LogP contribution is -1.99. The minimum atomic E-state index is -0.772. The SMILES string of the molecule is CCC(=C(c1ccc(O)cc1)c1ccc(O)cc1)c1ccc(CCCCC(=O)O)c(OC)c1. The number of ether oxygens (including phenoxy) is 1. The summed E-state index contributed by atoms with van der Waals surface area (Å²) < 4.78 is 5.68. The number of phenolic OH excluding ortho intramolecular Hbond substituents is 2. The first kappa shape index (κ1) is 23.9. The Morgan fingerprint density at radius 1 is 0.818 bits per heavy atom. The second-order valence-electron chi connectivity index (χ2n) is 7.93. The van der Waals surface area contributed by atoms with E-state index in [-0.39, 0.29) is 17.9 Å². The first-order valence-corrected chi connectivity index (χ1v) is 11.1. The van der Waals surface area contributed by atoms with E-state index in [1.165, 1.54) is 0 Å². The van der Waals surface area contributed by atoms with Crippen molar-refractivity contribution in [3.05, 3.63) is 89.0 Å². The van der Waals surface area contributed by atoms with Gasteiger partial charge in [0.05, 0.1) is 7.11 Å². The van der Waals surface area contributed by atoms with E-state index in [0.717, 1.165) is 58.4 Å². The van der Waals surface area contributed by atoms with Crippen molar-refractivity contribution in [2.24, 2.45) is 0 Å². The van der Waals surface area contributed by atoms with Crippen LogP contribution in [0, 0.1) is 0 Å². The largest absolute Gasteiger partial charge is 0.508 e. The van der Waals surface area contributed by atoms with Crippen LogP contribution in [0.1, 0.15) is 54.9 Å². The average Bonchev–Trinajstić information content (AvgIpc) is 2.82. The number of phenols is 2. The lowest BCUT2D eigenvalue weighted by molar-refractivity contribution is -0.137. The number of hydrogen-bond donors (Lipinski definition) is 3. The number of aromatic hydroxyl groups is 2. The van der Waals surface area contributed by atoms with Gasteiger partial charge in [0.1, 0.15) is 17.2 Å². The summed E-state index contributed by atoms with van der Waals surface area (Å²) >= 11 is 0. The zero-order chi connectivity index (χ0) is 23.8. The summed E-state index contributed by atoms with van der Waals surface area (Å²) in [5.74, 6) is 0.419. The molecule has 0 bridgehead atoms. The number of aliphatic carboxylic acids is 1. The van der Waals surface area contributed by atoms with E-state index < -0.39 is 5.97 Å². The number of allylic oxidation sites excluding steroid dienone is 1. The Morgan fingerprint density at radius 2 is 1.36 bits per heavy atom. The van der Waals surface area contributed by atoms with E-state index in [1.54, 1.807) is 31.4 Å². The molecule has 0 unspecified atom stereocenters. The first-order chi connectivity index (χ1) is 15.9. The minimum Gasteiger partial charge on any atom is -0.508 e. The van der Waals surface area contributed by atoms with Crippen LogP contribution in [-0.4, -0.2) is 28.4 Å². The van der Waals surface area contributed by atoms with Gasteiger partial charge in [-0.3, -0.25) is 4.79 Å². The van der Waals surface area contributed by atoms with Crippen LogP contribution in [0.5, 0.6) is 17.2 Å². The third-order valence-corrected chi connectivity index (χ3v) is 5.69. The number of carboxylic acid groups (broad SMARTS) is 1. The number of unbranched alkanes of at least 4 members (excludes halogenated alkanes) is 1. The molecule has 3 rings (SSSR count). The van der Waals surface area contributed by atoms with E-state index in [4.69, 9.17) is 9.84 Å². The van der Waals surface area contributed by atoms with Crippen LogP contribution < -0.4 is 4.74 Å². The predicted molar refractivity (Wildman–Crippen MR) is 131 cm³/mol. The van der Waals surface area contributed by atoms with Gasteiger partial charge in [-0.25, -0.2) is 0 Å². The maximum Gasteiger partial charge on any atom is 0.303 e. The minimum absolute atomic E-state index is 0.172. The van der Waals surface area contributed by atoms with Crippen molar-refractivity contribution in [1.82, 2.24) is 0 Å². The lowest BCUT2D eigenvalue weighted by Gasteiger charge is -2.18. The van der Waals surface area contributed by atoms with Crippen molar-refractivity contribution in [3.63, 3.8) is 0 Å². The van der Waals surface area contributed by atoms with Crippen molar-refractivity contribution in [2.75, 3.05) is 7.11 Å². The van der Waals surface area contributed by atoms with Crippen LogP contribution in [0.25, 0.3) is 11.1 Å². The molecule has 0 amide bonds. The van der Waals surface area contributed by atoms with E-state index >= 15 is 0 Å². The third-order valence-electron chi connectivity index (χ3n) is 5.69. The van der Waals surface area contributed by atoms with Crippen molar-refractivity contribution in [3.8, 4) is 17.2 Å². The molecule has 0 atom stereocenters. The topological polar surface area (TPSA) is 87.0 Å². The zero-order valence-corrected chi connectivity index (χ0v) is 19.0. The molecule has 0 aliphatic carbocycles. The zero-order valence-electron chi connectivity index (χ0n) is 19.0. The number of hydrogen-bond acceptors (Lipinski definition) is 4. The van der Waals surface area contributed by atoms with Crippen LogP contribution in [0.2, 0.25) is 0 Å². The molecule has 0 saturated carbocycles. The summed E-state index contributed by atoms with van der Waals surface area (Å²) in [5.41, 5.74) is 6.15. The molecule has 3 aromatic rings. The number of aryl methyl sites for hydroxylation is 1. The summed E-state index contributed by atoms with van der Waals surface area (Å²) in [4.78, 5) is 10.8. The molecular formula is C28H30O5. The molecule has 3 N–H and O–H groups in total. The highest BCUT2D eigenvalue weighted by atomic mass is 16.5. The summed E-state index contributed by atoms with van der Waals surface area (Å²) in [5, 5.41) is 28.4. The summed E-state index contributed by atoms with van der Waals surface area (Å²) in [7, 11) is 1.65. The quantitative estimate of drug-likeness (QED) is 0.252. The van der Waals surface area contributed by atoms with Crippen LogP contribution in [0.3, 0.4) is 0 Å². The Kier molecular flexibility index (Phi) is 8.14. The Labute approximate surface area is 194 Å². The summed E-state index contributed by atoms with van der Waals surface area (Å²) in [6.45, 7) is 2.10. The maximum absolute atomic E-state index is 10.8. The lowest BCUT2D eigenvalue weighted by atomic mass is 9.87. The fourth-order valence-electron chi connectivity index (χ4n) is 4.03. The van der Waals surface area contributed by atoms with Crippen LogP contribution in [0.15, 0.2) is 66.7 Å². The summed E-state index contributed by atoms with van der Waals surface area (Å²) in [6, 6.07) is 20.4. The highest BCUT2D eigenvalue weighted by molar-refractivity contribution is 5.98. The van der Waals surface area contributed by atoms with Gasteiger partial charge in [-0.05, 0) is 89.4 Å². The van der Waals surface area contributed by atoms with Gasteiger partial charge in [-0.2, -0.15) is 0 Å². The number of rotatable bonds is 10. The molecule has 0 radical (unpaired) electrons. The van der Waals surface area contributed by atoms with E-state index in [0.29, 0.717) is 6.42 Å². The highest BCUT2D eigenvalue weighted by Crippen LogP contribution is 2.37. The van der Waals surface area contributed by atoms with Crippen LogP contribution >= 0.6 is 0 Å². The van der Waals surface area contributed by atoms with Crippen LogP contribution in [-0.2, 0) is 11.2 Å². The van der Waals surface area contributed by atoms with Crippen molar-refractivity contribution in [1.29, 1.82) is 0 Å². The van der Waals surface area contributed by atoms with E-state index in [1.807, 2.05) is 30.3 Å². The fraction of sp³-hybridized carbons (Fsp3) is 0.250. The Balaban J connectivity index is 2.06. The molecular weight excluding hydrogens is 416 g/mol. The molecule has 5 nitrogen and oxygen atoms in total. The second kappa shape index (κ2) is 11.2. The molecule has 172 valence electrons. The van der Waals surface area contributed by atoms with E-state index in [9.17, 15) is 15.0 Å².